The van der Waals surface area contributed by atoms with E-state index in [9.17, 15) is 4.79 Å². The van der Waals surface area contributed by atoms with Gasteiger partial charge in [0.05, 0.1) is 24.8 Å². The number of benzene rings is 1. The molecule has 3 unspecified atom stereocenters. The van der Waals surface area contributed by atoms with E-state index in [1.54, 1.807) is 24.3 Å². The zero-order valence-electron chi connectivity index (χ0n) is 14.4. The van der Waals surface area contributed by atoms with Crippen molar-refractivity contribution in [2.75, 3.05) is 19.6 Å². The molecule has 0 spiro atoms. The summed E-state index contributed by atoms with van der Waals surface area (Å²) in [7, 11) is 0. The smallest absolute Gasteiger partial charge is 0.251 e. The van der Waals surface area contributed by atoms with Crippen LogP contribution >= 0.6 is 11.6 Å². The summed E-state index contributed by atoms with van der Waals surface area (Å²) in [6, 6.07) is 7.17. The molecule has 2 bridgehead atoms. The average Bonchev–Trinajstić information content (AvgIpc) is 3.22. The maximum Gasteiger partial charge on any atom is 0.251 e. The fourth-order valence-corrected chi connectivity index (χ4v) is 3.45. The first kappa shape index (κ1) is 18.0. The lowest BCUT2D eigenvalue weighted by Gasteiger charge is -2.22. The van der Waals surface area contributed by atoms with E-state index in [1.807, 2.05) is 6.92 Å². The van der Waals surface area contributed by atoms with Crippen LogP contribution < -0.4 is 16.0 Å². The molecule has 3 rings (SSSR count). The van der Waals surface area contributed by atoms with Gasteiger partial charge in [0.2, 0.25) is 0 Å². The predicted molar refractivity (Wildman–Crippen MR) is 99.2 cm³/mol. The van der Waals surface area contributed by atoms with E-state index in [0.717, 1.165) is 25.3 Å². The molecule has 6 nitrogen and oxygen atoms in total. The summed E-state index contributed by atoms with van der Waals surface area (Å²) in [5.41, 5.74) is 0.595. The van der Waals surface area contributed by atoms with E-state index >= 15 is 0 Å². The highest BCUT2D eigenvalue weighted by Crippen LogP contribution is 2.34. The Balaban J connectivity index is 1.45. The van der Waals surface area contributed by atoms with Crippen molar-refractivity contribution < 1.29 is 9.53 Å². The number of aliphatic imine (C=N–C) groups is 1. The summed E-state index contributed by atoms with van der Waals surface area (Å²) in [6.07, 6.45) is 4.05. The van der Waals surface area contributed by atoms with Crippen molar-refractivity contribution in [1.29, 1.82) is 0 Å². The van der Waals surface area contributed by atoms with Gasteiger partial charge < -0.3 is 20.7 Å². The van der Waals surface area contributed by atoms with Gasteiger partial charge in [-0.2, -0.15) is 0 Å². The van der Waals surface area contributed by atoms with E-state index in [1.165, 1.54) is 6.42 Å². The molecule has 25 heavy (non-hydrogen) atoms. The fourth-order valence-electron chi connectivity index (χ4n) is 3.33. The summed E-state index contributed by atoms with van der Waals surface area (Å²) in [5.74, 6) is 0.663. The van der Waals surface area contributed by atoms with Crippen LogP contribution in [0.1, 0.15) is 36.5 Å². The molecule has 136 valence electrons. The second kappa shape index (κ2) is 8.54. The number of nitrogens with one attached hydrogen (secondary N) is 3. The maximum absolute atomic E-state index is 12.0. The van der Waals surface area contributed by atoms with Crippen molar-refractivity contribution >= 4 is 23.5 Å². The Labute approximate surface area is 153 Å². The van der Waals surface area contributed by atoms with Gasteiger partial charge in [0.25, 0.3) is 5.91 Å². The minimum atomic E-state index is -0.119. The Hall–Kier alpha value is -1.79. The second-order valence-electron chi connectivity index (χ2n) is 6.38. The number of rotatable bonds is 6. The Morgan fingerprint density at radius 3 is 2.72 bits per heavy atom. The summed E-state index contributed by atoms with van der Waals surface area (Å²) >= 11 is 5.83. The highest BCUT2D eigenvalue weighted by Gasteiger charge is 2.41. The van der Waals surface area contributed by atoms with E-state index in [0.29, 0.717) is 41.9 Å². The maximum atomic E-state index is 12.0. The van der Waals surface area contributed by atoms with Crippen LogP contribution in [0.25, 0.3) is 0 Å². The molecular formula is C18H25ClN4O2. The molecule has 2 saturated heterocycles. The van der Waals surface area contributed by atoms with Gasteiger partial charge in [0.15, 0.2) is 5.96 Å². The SMILES string of the molecule is CCNC(=NCCNC(=O)c1ccc(Cl)cc1)NC1CC2CCC1O2. The summed E-state index contributed by atoms with van der Waals surface area (Å²) in [5, 5.41) is 10.2. The van der Waals surface area contributed by atoms with Crippen LogP contribution in [0.3, 0.4) is 0 Å². The van der Waals surface area contributed by atoms with E-state index < -0.39 is 0 Å². The summed E-state index contributed by atoms with van der Waals surface area (Å²) < 4.78 is 5.87. The van der Waals surface area contributed by atoms with Crippen LogP contribution in [-0.4, -0.2) is 49.8 Å². The molecule has 2 aliphatic heterocycles. The predicted octanol–water partition coefficient (Wildman–Crippen LogP) is 1.94. The second-order valence-corrected chi connectivity index (χ2v) is 6.82. The molecule has 2 aliphatic rings. The summed E-state index contributed by atoms with van der Waals surface area (Å²) in [6.45, 7) is 3.82. The van der Waals surface area contributed by atoms with Crippen LogP contribution in [0.2, 0.25) is 5.02 Å². The molecule has 1 amide bonds. The molecule has 3 N–H and O–H groups in total. The van der Waals surface area contributed by atoms with Crippen molar-refractivity contribution in [3.05, 3.63) is 34.9 Å². The van der Waals surface area contributed by atoms with Crippen LogP contribution in [0, 0.1) is 0 Å². The number of carbonyl (C=O) groups is 1. The van der Waals surface area contributed by atoms with Gasteiger partial charge in [-0.3, -0.25) is 9.79 Å². The minimum absolute atomic E-state index is 0.119. The number of amides is 1. The van der Waals surface area contributed by atoms with Gasteiger partial charge in [0, 0.05) is 23.7 Å². The van der Waals surface area contributed by atoms with Crippen molar-refractivity contribution in [3.63, 3.8) is 0 Å². The number of halogens is 1. The zero-order chi connectivity index (χ0) is 17.6. The number of hydrogen-bond acceptors (Lipinski definition) is 3. The first-order valence-electron chi connectivity index (χ1n) is 8.89. The number of ether oxygens (including phenoxy) is 1. The van der Waals surface area contributed by atoms with Crippen molar-refractivity contribution in [2.45, 2.75) is 44.4 Å². The molecule has 7 heteroatoms. The molecule has 0 aliphatic carbocycles. The number of guanidine groups is 1. The Bertz CT molecular complexity index is 620. The van der Waals surface area contributed by atoms with Gasteiger partial charge >= 0.3 is 0 Å². The van der Waals surface area contributed by atoms with Crippen LogP contribution in [-0.2, 0) is 4.74 Å². The number of fused-ring (bicyclic) bond motifs is 2. The highest BCUT2D eigenvalue weighted by molar-refractivity contribution is 6.30. The van der Waals surface area contributed by atoms with Gasteiger partial charge in [-0.05, 0) is 50.5 Å². The van der Waals surface area contributed by atoms with Gasteiger partial charge in [0.1, 0.15) is 0 Å². The minimum Gasteiger partial charge on any atom is -0.373 e. The first-order valence-corrected chi connectivity index (χ1v) is 9.27. The van der Waals surface area contributed by atoms with E-state index in [-0.39, 0.29) is 5.91 Å². The average molecular weight is 365 g/mol. The van der Waals surface area contributed by atoms with Crippen LogP contribution in [0.4, 0.5) is 0 Å². The van der Waals surface area contributed by atoms with Crippen molar-refractivity contribution in [3.8, 4) is 0 Å². The molecule has 2 fully saturated rings. The largest absolute Gasteiger partial charge is 0.373 e. The van der Waals surface area contributed by atoms with Gasteiger partial charge in [-0.15, -0.1) is 0 Å². The standard InChI is InChI=1S/C18H25ClN4O2/c1-2-20-18(23-15-11-14-7-8-16(15)25-14)22-10-9-21-17(24)12-3-5-13(19)6-4-12/h3-6,14-16H,2,7-11H2,1H3,(H,21,24)(H2,20,22,23). The molecule has 1 aromatic rings. The first-order chi connectivity index (χ1) is 12.2. The monoisotopic (exact) mass is 364 g/mol. The number of nitrogens with zero attached hydrogens (tertiary/aromatic N) is 1. The van der Waals surface area contributed by atoms with E-state index in [2.05, 4.69) is 20.9 Å². The molecule has 2 heterocycles. The molecule has 1 aromatic carbocycles. The number of carbonyl (C=O) groups excluding carboxylic acids is 1. The Morgan fingerprint density at radius 1 is 1.28 bits per heavy atom. The third kappa shape index (κ3) is 4.86. The zero-order valence-corrected chi connectivity index (χ0v) is 15.2. The molecule has 0 radical (unpaired) electrons. The van der Waals surface area contributed by atoms with Crippen molar-refractivity contribution in [2.24, 2.45) is 4.99 Å². The third-order valence-electron chi connectivity index (χ3n) is 4.55. The quantitative estimate of drug-likeness (QED) is 0.410. The fraction of sp³-hybridized carbons (Fsp3) is 0.556. The van der Waals surface area contributed by atoms with E-state index in [4.69, 9.17) is 16.3 Å². The Kier molecular flexibility index (Phi) is 6.15. The van der Waals surface area contributed by atoms with Crippen LogP contribution in [0.5, 0.6) is 0 Å². The third-order valence-corrected chi connectivity index (χ3v) is 4.80. The lowest BCUT2D eigenvalue weighted by atomic mass is 9.96. The van der Waals surface area contributed by atoms with Gasteiger partial charge in [-0.25, -0.2) is 0 Å². The highest BCUT2D eigenvalue weighted by atomic mass is 35.5. The molecule has 0 aromatic heterocycles. The molecule has 0 saturated carbocycles. The lowest BCUT2D eigenvalue weighted by molar-refractivity contribution is 0.0954. The van der Waals surface area contributed by atoms with Crippen molar-refractivity contribution in [1.82, 2.24) is 16.0 Å². The van der Waals surface area contributed by atoms with Gasteiger partial charge in [-0.1, -0.05) is 11.6 Å². The topological polar surface area (TPSA) is 74.8 Å². The summed E-state index contributed by atoms with van der Waals surface area (Å²) in [4.78, 5) is 16.6. The lowest BCUT2D eigenvalue weighted by Crippen LogP contribution is -2.47. The number of hydrogen-bond donors (Lipinski definition) is 3. The van der Waals surface area contributed by atoms with Crippen LogP contribution in [0.15, 0.2) is 29.3 Å². The molecular weight excluding hydrogens is 340 g/mol. The Morgan fingerprint density at radius 2 is 2.08 bits per heavy atom. The molecule has 3 atom stereocenters. The normalized spacial score (nSPS) is 25.0.